The van der Waals surface area contributed by atoms with Crippen molar-refractivity contribution in [3.8, 4) is 0 Å². The molecule has 1 aromatic heterocycles. The van der Waals surface area contributed by atoms with E-state index >= 15 is 0 Å². The first-order valence-corrected chi connectivity index (χ1v) is 9.02. The third kappa shape index (κ3) is 7.78. The molecule has 25 heavy (non-hydrogen) atoms. The van der Waals surface area contributed by atoms with E-state index in [4.69, 9.17) is 0 Å². The maximum Gasteiger partial charge on any atom is 0.229 e. The van der Waals surface area contributed by atoms with E-state index < -0.39 is 0 Å². The number of rotatable bonds is 6. The highest BCUT2D eigenvalue weighted by molar-refractivity contribution is 5.41. The van der Waals surface area contributed by atoms with Gasteiger partial charge in [-0.3, -0.25) is 4.90 Å². The molecule has 6 N–H and O–H groups in total. The van der Waals surface area contributed by atoms with Gasteiger partial charge in [-0.15, -0.1) is 0 Å². The number of aromatic nitrogens is 3. The first kappa shape index (κ1) is 19.6. The van der Waals surface area contributed by atoms with Crippen molar-refractivity contribution in [1.82, 2.24) is 35.8 Å². The van der Waals surface area contributed by atoms with Crippen LogP contribution in [0.1, 0.15) is 0 Å². The Bertz CT molecular complexity index is 449. The fourth-order valence-corrected chi connectivity index (χ4v) is 2.54. The van der Waals surface area contributed by atoms with E-state index in [1.807, 2.05) is 0 Å². The summed E-state index contributed by atoms with van der Waals surface area (Å²) in [4.78, 5) is 15.3. The van der Waals surface area contributed by atoms with Crippen LogP contribution in [0.3, 0.4) is 0 Å². The summed E-state index contributed by atoms with van der Waals surface area (Å²) in [6.07, 6.45) is 0. The van der Waals surface area contributed by atoms with E-state index in [2.05, 4.69) is 51.8 Å². The molecule has 1 aliphatic rings. The zero-order chi connectivity index (χ0) is 17.7. The van der Waals surface area contributed by atoms with Crippen molar-refractivity contribution in [3.63, 3.8) is 0 Å². The van der Waals surface area contributed by atoms with Gasteiger partial charge in [0.25, 0.3) is 0 Å². The predicted molar refractivity (Wildman–Crippen MR) is 102 cm³/mol. The maximum atomic E-state index is 4.33. The van der Waals surface area contributed by atoms with Gasteiger partial charge in [0.15, 0.2) is 0 Å². The Morgan fingerprint density at radius 1 is 0.760 bits per heavy atom. The normalized spacial score (nSPS) is 18.0. The van der Waals surface area contributed by atoms with Crippen LogP contribution in [0.2, 0.25) is 0 Å². The molecule has 2 rings (SSSR count). The van der Waals surface area contributed by atoms with Gasteiger partial charge in [0.05, 0.1) is 0 Å². The fourth-order valence-electron chi connectivity index (χ4n) is 2.54. The van der Waals surface area contributed by atoms with E-state index in [9.17, 15) is 0 Å². The number of hydrogen-bond donors (Lipinski definition) is 6. The summed E-state index contributed by atoms with van der Waals surface area (Å²) in [7, 11) is 3.59. The maximum absolute atomic E-state index is 4.33. The third-order valence-corrected chi connectivity index (χ3v) is 3.96. The first-order chi connectivity index (χ1) is 12.3. The second kappa shape index (κ2) is 11.7. The molecule has 0 spiro atoms. The summed E-state index contributed by atoms with van der Waals surface area (Å²) in [5.74, 6) is 1.69. The van der Waals surface area contributed by atoms with Crippen LogP contribution in [-0.2, 0) is 0 Å². The highest BCUT2D eigenvalue weighted by Crippen LogP contribution is 2.07. The molecular weight excluding hydrogens is 320 g/mol. The second-order valence-electron chi connectivity index (χ2n) is 5.82. The number of hydrogen-bond acceptors (Lipinski definition) is 10. The van der Waals surface area contributed by atoms with E-state index in [1.165, 1.54) is 0 Å². The molecule has 10 nitrogen and oxygen atoms in total. The molecule has 10 heteroatoms. The number of nitrogens with zero attached hydrogens (tertiary/aromatic N) is 4. The van der Waals surface area contributed by atoms with Crippen LogP contribution in [0.25, 0.3) is 0 Å². The van der Waals surface area contributed by atoms with E-state index in [-0.39, 0.29) is 0 Å². The van der Waals surface area contributed by atoms with Crippen molar-refractivity contribution >= 4 is 17.8 Å². The molecule has 0 atom stereocenters. The van der Waals surface area contributed by atoms with Crippen molar-refractivity contribution in [3.05, 3.63) is 0 Å². The SMILES string of the molecule is CNc1nc(NC)nc(NCCN2CCNCCNCCNCC2)n1. The van der Waals surface area contributed by atoms with Crippen molar-refractivity contribution in [1.29, 1.82) is 0 Å². The molecular formula is C15H32N10. The molecule has 0 aromatic carbocycles. The van der Waals surface area contributed by atoms with E-state index in [0.717, 1.165) is 65.4 Å². The summed E-state index contributed by atoms with van der Waals surface area (Å²) in [6, 6.07) is 0. The van der Waals surface area contributed by atoms with Crippen LogP contribution in [0.15, 0.2) is 0 Å². The summed E-state index contributed by atoms with van der Waals surface area (Å²) in [5, 5.41) is 19.5. The average molecular weight is 352 g/mol. The van der Waals surface area contributed by atoms with Crippen LogP contribution in [0, 0.1) is 0 Å². The van der Waals surface area contributed by atoms with Crippen molar-refractivity contribution in [2.75, 3.05) is 95.5 Å². The van der Waals surface area contributed by atoms with Gasteiger partial charge in [-0.05, 0) is 0 Å². The van der Waals surface area contributed by atoms with Gasteiger partial charge in [0.2, 0.25) is 17.8 Å². The van der Waals surface area contributed by atoms with E-state index in [1.54, 1.807) is 14.1 Å². The monoisotopic (exact) mass is 352 g/mol. The van der Waals surface area contributed by atoms with Crippen molar-refractivity contribution < 1.29 is 0 Å². The Kier molecular flexibility index (Phi) is 9.19. The lowest BCUT2D eigenvalue weighted by molar-refractivity contribution is 0.280. The minimum atomic E-state index is 0.551. The smallest absolute Gasteiger partial charge is 0.229 e. The molecule has 1 aromatic rings. The fraction of sp³-hybridized carbons (Fsp3) is 0.800. The summed E-state index contributed by atoms with van der Waals surface area (Å²) >= 11 is 0. The Labute approximate surface area is 150 Å². The number of nitrogens with one attached hydrogen (secondary N) is 6. The molecule has 1 fully saturated rings. The average Bonchev–Trinajstić information content (AvgIpc) is 2.63. The zero-order valence-corrected chi connectivity index (χ0v) is 15.4. The molecule has 0 unspecified atom stereocenters. The van der Waals surface area contributed by atoms with Gasteiger partial charge in [0.1, 0.15) is 0 Å². The topological polar surface area (TPSA) is 114 Å². The standard InChI is InChI=1S/C15H32N10/c1-16-13-22-14(17-2)24-15(23-13)21-9-12-25-10-7-19-5-3-18-4-6-20-8-11-25/h18-20H,3-12H2,1-2H3,(H3,16,17,21,22,23,24). The highest BCUT2D eigenvalue weighted by Gasteiger charge is 2.07. The van der Waals surface area contributed by atoms with Crippen LogP contribution >= 0.6 is 0 Å². The first-order valence-electron chi connectivity index (χ1n) is 9.02. The Morgan fingerprint density at radius 3 is 1.76 bits per heavy atom. The molecule has 0 aliphatic carbocycles. The molecule has 0 bridgehead atoms. The van der Waals surface area contributed by atoms with Gasteiger partial charge in [0, 0.05) is 79.5 Å². The van der Waals surface area contributed by atoms with Gasteiger partial charge >= 0.3 is 0 Å². The molecule has 1 aliphatic heterocycles. The summed E-state index contributed by atoms with van der Waals surface area (Å²) < 4.78 is 0. The van der Waals surface area contributed by atoms with Gasteiger partial charge < -0.3 is 31.9 Å². The quantitative estimate of drug-likeness (QED) is 0.360. The molecule has 1 saturated heterocycles. The van der Waals surface area contributed by atoms with Crippen molar-refractivity contribution in [2.45, 2.75) is 0 Å². The Balaban J connectivity index is 1.79. The van der Waals surface area contributed by atoms with Crippen LogP contribution in [0.5, 0.6) is 0 Å². The molecule has 0 saturated carbocycles. The largest absolute Gasteiger partial charge is 0.357 e. The Hall–Kier alpha value is -1.75. The lowest BCUT2D eigenvalue weighted by Gasteiger charge is -2.23. The Morgan fingerprint density at radius 2 is 1.24 bits per heavy atom. The number of anilines is 3. The summed E-state index contributed by atoms with van der Waals surface area (Å²) in [5.41, 5.74) is 0. The van der Waals surface area contributed by atoms with Gasteiger partial charge in [-0.1, -0.05) is 0 Å². The second-order valence-corrected chi connectivity index (χ2v) is 5.82. The van der Waals surface area contributed by atoms with Crippen molar-refractivity contribution in [2.24, 2.45) is 0 Å². The van der Waals surface area contributed by atoms with Crippen LogP contribution in [0.4, 0.5) is 17.8 Å². The molecule has 0 radical (unpaired) electrons. The summed E-state index contributed by atoms with van der Waals surface area (Å²) in [6.45, 7) is 9.85. The van der Waals surface area contributed by atoms with Crippen LogP contribution < -0.4 is 31.9 Å². The third-order valence-electron chi connectivity index (χ3n) is 3.96. The minimum absolute atomic E-state index is 0.551. The lowest BCUT2D eigenvalue weighted by Crippen LogP contribution is -2.43. The molecule has 0 amide bonds. The van der Waals surface area contributed by atoms with E-state index in [0.29, 0.717) is 17.8 Å². The lowest BCUT2D eigenvalue weighted by atomic mass is 10.4. The van der Waals surface area contributed by atoms with Gasteiger partial charge in [-0.25, -0.2) is 0 Å². The van der Waals surface area contributed by atoms with Crippen LogP contribution in [-0.4, -0.2) is 99.4 Å². The molecule has 2 heterocycles. The van der Waals surface area contributed by atoms with Gasteiger partial charge in [-0.2, -0.15) is 15.0 Å². The zero-order valence-electron chi connectivity index (χ0n) is 15.4. The highest BCUT2D eigenvalue weighted by atomic mass is 15.3. The minimum Gasteiger partial charge on any atom is -0.357 e. The molecule has 142 valence electrons. The predicted octanol–water partition coefficient (Wildman–Crippen LogP) is -1.55.